The van der Waals surface area contributed by atoms with Crippen LogP contribution in [-0.2, 0) is 20.9 Å². The molecule has 0 aromatic carbocycles. The quantitative estimate of drug-likeness (QED) is 0.540. The molecule has 0 saturated heterocycles. The Labute approximate surface area is 121 Å². The molecule has 0 aliphatic rings. The molecule has 8 heteroatoms. The second kappa shape index (κ2) is 8.57. The lowest BCUT2D eigenvalue weighted by molar-refractivity contribution is -0.144. The molecule has 0 bridgehead atoms. The van der Waals surface area contributed by atoms with Gasteiger partial charge in [-0.2, -0.15) is 0 Å². The number of H-pyrrole nitrogens is 1. The third-order valence-corrected chi connectivity index (χ3v) is 3.48. The van der Waals surface area contributed by atoms with E-state index in [1.54, 1.807) is 6.92 Å². The van der Waals surface area contributed by atoms with Gasteiger partial charge in [-0.3, -0.25) is 14.2 Å². The van der Waals surface area contributed by atoms with Crippen molar-refractivity contribution in [1.29, 1.82) is 0 Å². The first-order valence-corrected chi connectivity index (χ1v) is 7.52. The van der Waals surface area contributed by atoms with E-state index in [-0.39, 0.29) is 36.0 Å². The number of nitrogens with zero attached hydrogens (tertiary/aromatic N) is 2. The maximum atomic E-state index is 11.6. The highest BCUT2D eigenvalue weighted by Crippen LogP contribution is 2.14. The van der Waals surface area contributed by atoms with Gasteiger partial charge in [0, 0.05) is 13.0 Å². The molecule has 0 radical (unpaired) electrons. The number of ketones is 1. The Morgan fingerprint density at radius 3 is 2.75 bits per heavy atom. The van der Waals surface area contributed by atoms with Gasteiger partial charge in [0.05, 0.1) is 18.8 Å². The zero-order valence-electron chi connectivity index (χ0n) is 11.7. The van der Waals surface area contributed by atoms with E-state index >= 15 is 0 Å². The van der Waals surface area contributed by atoms with Crippen LogP contribution in [0.2, 0.25) is 0 Å². The molecule has 20 heavy (non-hydrogen) atoms. The maximum absolute atomic E-state index is 11.6. The first kappa shape index (κ1) is 16.5. The lowest BCUT2D eigenvalue weighted by atomic mass is 10.2. The number of carbonyl (C=O) groups is 2. The summed E-state index contributed by atoms with van der Waals surface area (Å²) in [5.41, 5.74) is -0.270. The summed E-state index contributed by atoms with van der Waals surface area (Å²) < 4.78 is 6.25. The SMILES string of the molecule is CCCn1c(SCC(=O)CCC(=O)OCC)n[nH]c1=O. The van der Waals surface area contributed by atoms with E-state index in [9.17, 15) is 14.4 Å². The van der Waals surface area contributed by atoms with Gasteiger partial charge >= 0.3 is 11.7 Å². The minimum atomic E-state index is -0.367. The third kappa shape index (κ3) is 5.20. The molecular formula is C12H19N3O4S. The molecule has 1 N–H and O–H groups in total. The lowest BCUT2D eigenvalue weighted by Crippen LogP contribution is -2.17. The average Bonchev–Trinajstić information content (AvgIpc) is 2.76. The largest absolute Gasteiger partial charge is 0.466 e. The third-order valence-electron chi connectivity index (χ3n) is 2.45. The molecule has 7 nitrogen and oxygen atoms in total. The number of rotatable bonds is 9. The molecule has 0 fully saturated rings. The number of hydrogen-bond acceptors (Lipinski definition) is 6. The fourth-order valence-corrected chi connectivity index (χ4v) is 2.40. The van der Waals surface area contributed by atoms with E-state index in [2.05, 4.69) is 10.2 Å². The van der Waals surface area contributed by atoms with Gasteiger partial charge in [-0.05, 0) is 13.3 Å². The second-order valence-corrected chi connectivity index (χ2v) is 5.04. The molecular weight excluding hydrogens is 282 g/mol. The second-order valence-electron chi connectivity index (χ2n) is 4.10. The van der Waals surface area contributed by atoms with Crippen molar-refractivity contribution in [2.45, 2.75) is 44.8 Å². The van der Waals surface area contributed by atoms with Crippen molar-refractivity contribution >= 4 is 23.5 Å². The minimum Gasteiger partial charge on any atom is -0.466 e. The van der Waals surface area contributed by atoms with Crippen LogP contribution in [0.5, 0.6) is 0 Å². The van der Waals surface area contributed by atoms with Crippen molar-refractivity contribution in [2.24, 2.45) is 0 Å². The van der Waals surface area contributed by atoms with Crippen LogP contribution < -0.4 is 5.69 Å². The Hall–Kier alpha value is -1.57. The summed E-state index contributed by atoms with van der Waals surface area (Å²) in [6, 6.07) is 0. The zero-order chi connectivity index (χ0) is 15.0. The minimum absolute atomic E-state index is 0.0680. The van der Waals surface area contributed by atoms with Crippen LogP contribution in [0.1, 0.15) is 33.1 Å². The van der Waals surface area contributed by atoms with Gasteiger partial charge in [0.15, 0.2) is 5.16 Å². The van der Waals surface area contributed by atoms with Gasteiger partial charge in [-0.1, -0.05) is 18.7 Å². The Kier molecular flexibility index (Phi) is 7.06. The smallest absolute Gasteiger partial charge is 0.343 e. The number of esters is 1. The summed E-state index contributed by atoms with van der Waals surface area (Å²) in [5, 5.41) is 6.74. The van der Waals surface area contributed by atoms with Crippen molar-refractivity contribution in [3.8, 4) is 0 Å². The van der Waals surface area contributed by atoms with Crippen molar-refractivity contribution in [3.05, 3.63) is 10.5 Å². The van der Waals surface area contributed by atoms with Gasteiger partial charge in [-0.15, -0.1) is 5.10 Å². The Morgan fingerprint density at radius 2 is 2.10 bits per heavy atom. The first-order chi connectivity index (χ1) is 9.58. The van der Waals surface area contributed by atoms with Crippen LogP contribution >= 0.6 is 11.8 Å². The Morgan fingerprint density at radius 1 is 1.35 bits per heavy atom. The molecule has 0 amide bonds. The molecule has 0 spiro atoms. The zero-order valence-corrected chi connectivity index (χ0v) is 12.5. The van der Waals surface area contributed by atoms with Gasteiger partial charge < -0.3 is 4.74 Å². The number of carbonyl (C=O) groups excluding carboxylic acids is 2. The summed E-state index contributed by atoms with van der Waals surface area (Å²) in [6.45, 7) is 4.56. The predicted molar refractivity (Wildman–Crippen MR) is 74.7 cm³/mol. The molecule has 1 aromatic heterocycles. The number of nitrogens with one attached hydrogen (secondary N) is 1. The normalized spacial score (nSPS) is 10.5. The number of aromatic nitrogens is 3. The van der Waals surface area contributed by atoms with Crippen molar-refractivity contribution in [2.75, 3.05) is 12.4 Å². The van der Waals surface area contributed by atoms with Crippen LogP contribution in [-0.4, -0.2) is 38.9 Å². The number of Topliss-reactive ketones (excluding diaryl/α,β-unsaturated/α-hetero) is 1. The average molecular weight is 301 g/mol. The fraction of sp³-hybridized carbons (Fsp3) is 0.667. The number of hydrogen-bond donors (Lipinski definition) is 1. The summed E-state index contributed by atoms with van der Waals surface area (Å²) in [5.74, 6) is -0.247. The van der Waals surface area contributed by atoms with Crippen molar-refractivity contribution < 1.29 is 14.3 Å². The fourth-order valence-electron chi connectivity index (χ4n) is 1.53. The highest BCUT2D eigenvalue weighted by atomic mass is 32.2. The van der Waals surface area contributed by atoms with E-state index in [0.29, 0.717) is 18.3 Å². The van der Waals surface area contributed by atoms with Gasteiger partial charge in [-0.25, -0.2) is 9.89 Å². The summed E-state index contributed by atoms with van der Waals surface area (Å²) in [6.07, 6.45) is 1.05. The molecule has 0 unspecified atom stereocenters. The van der Waals surface area contributed by atoms with Crippen molar-refractivity contribution in [3.63, 3.8) is 0 Å². The van der Waals surface area contributed by atoms with Crippen LogP contribution in [0.3, 0.4) is 0 Å². The maximum Gasteiger partial charge on any atom is 0.343 e. The van der Waals surface area contributed by atoms with Crippen LogP contribution in [0, 0.1) is 0 Å². The number of ether oxygens (including phenoxy) is 1. The van der Waals surface area contributed by atoms with E-state index in [1.165, 1.54) is 16.3 Å². The van der Waals surface area contributed by atoms with E-state index in [0.717, 1.165) is 6.42 Å². The molecule has 1 rings (SSSR count). The van der Waals surface area contributed by atoms with Crippen LogP contribution in [0.4, 0.5) is 0 Å². The van der Waals surface area contributed by atoms with Gasteiger partial charge in [0.25, 0.3) is 0 Å². The standard InChI is InChI=1S/C12H19N3O4S/c1-3-7-15-11(18)13-14-12(15)20-8-9(16)5-6-10(17)19-4-2/h3-8H2,1-2H3,(H,13,18). The summed E-state index contributed by atoms with van der Waals surface area (Å²) in [7, 11) is 0. The molecule has 0 aliphatic carbocycles. The number of aromatic amines is 1. The van der Waals surface area contributed by atoms with Crippen molar-refractivity contribution in [1.82, 2.24) is 14.8 Å². The Bertz CT molecular complexity index is 509. The molecule has 0 saturated carbocycles. The monoisotopic (exact) mass is 301 g/mol. The highest BCUT2D eigenvalue weighted by molar-refractivity contribution is 7.99. The van der Waals surface area contributed by atoms with Crippen LogP contribution in [0.15, 0.2) is 9.95 Å². The predicted octanol–water partition coefficient (Wildman–Crippen LogP) is 0.986. The topological polar surface area (TPSA) is 94.0 Å². The van der Waals surface area contributed by atoms with E-state index in [1.807, 2.05) is 6.92 Å². The summed E-state index contributed by atoms with van der Waals surface area (Å²) >= 11 is 1.20. The molecule has 112 valence electrons. The lowest BCUT2D eigenvalue weighted by Gasteiger charge is -2.03. The molecule has 0 aliphatic heterocycles. The first-order valence-electron chi connectivity index (χ1n) is 6.53. The summed E-state index contributed by atoms with van der Waals surface area (Å²) in [4.78, 5) is 34.2. The van der Waals surface area contributed by atoms with Gasteiger partial charge in [0.2, 0.25) is 0 Å². The number of thioether (sulfide) groups is 1. The highest BCUT2D eigenvalue weighted by Gasteiger charge is 2.12. The Balaban J connectivity index is 2.41. The molecule has 1 heterocycles. The van der Waals surface area contributed by atoms with E-state index < -0.39 is 0 Å². The molecule has 0 atom stereocenters. The van der Waals surface area contributed by atoms with Crippen LogP contribution in [0.25, 0.3) is 0 Å². The molecule has 1 aromatic rings. The van der Waals surface area contributed by atoms with E-state index in [4.69, 9.17) is 4.74 Å². The van der Waals surface area contributed by atoms with Gasteiger partial charge in [0.1, 0.15) is 5.78 Å².